The molecule has 1 fully saturated rings. The van der Waals surface area contributed by atoms with Crippen molar-refractivity contribution in [1.29, 1.82) is 0 Å². The van der Waals surface area contributed by atoms with Crippen LogP contribution in [-0.4, -0.2) is 64.6 Å². The summed E-state index contributed by atoms with van der Waals surface area (Å²) in [6, 6.07) is 16.5. The summed E-state index contributed by atoms with van der Waals surface area (Å²) in [5.74, 6) is 0.891. The number of ether oxygens (including phenoxy) is 4. The average Bonchev–Trinajstić information content (AvgIpc) is 3.41. The molecule has 0 aliphatic carbocycles. The molecule has 1 amide bonds. The number of nitrogens with one attached hydrogen (secondary N) is 1. The molecule has 1 aliphatic rings. The molecule has 234 valence electrons. The van der Waals surface area contributed by atoms with Crippen LogP contribution in [0.15, 0.2) is 64.0 Å². The largest absolute Gasteiger partial charge is 0.496 e. The van der Waals surface area contributed by atoms with Gasteiger partial charge in [0.15, 0.2) is 16.3 Å². The smallest absolute Gasteiger partial charge is 0.410 e. The highest BCUT2D eigenvalue weighted by Gasteiger charge is 2.29. The molecule has 1 aliphatic heterocycles. The zero-order valence-electron chi connectivity index (χ0n) is 25.7. The predicted molar refractivity (Wildman–Crippen MR) is 166 cm³/mol. The van der Waals surface area contributed by atoms with E-state index in [1.807, 2.05) is 39.0 Å². The molecular weight excluding hydrogens is 586 g/mol. The number of nitrogens with zero attached hydrogens (tertiary/aromatic N) is 2. The van der Waals surface area contributed by atoms with Crippen LogP contribution in [0.3, 0.4) is 0 Å². The molecule has 0 bridgehead atoms. The van der Waals surface area contributed by atoms with E-state index in [0.717, 1.165) is 24.0 Å². The normalized spacial score (nSPS) is 14.4. The quantitative estimate of drug-likeness (QED) is 0.236. The van der Waals surface area contributed by atoms with Crippen molar-refractivity contribution in [1.82, 2.24) is 10.1 Å². The number of carbonyl (C=O) groups is 1. The van der Waals surface area contributed by atoms with Crippen LogP contribution in [0.1, 0.15) is 45.1 Å². The SMILES string of the molecule is COc1cccc(OC)c1S(=O)(=O)Nc1noc2cc(-c3cccc(C4CCN(C(=O)OC(C)(C)C)CC4)c3)cc(OC)c12. The number of anilines is 1. The molecule has 4 aromatic rings. The molecule has 11 nitrogen and oxygen atoms in total. The fraction of sp³-hybridized carbons (Fsp3) is 0.375. The van der Waals surface area contributed by atoms with E-state index in [4.69, 9.17) is 23.5 Å². The van der Waals surface area contributed by atoms with Crippen molar-refractivity contribution < 1.29 is 36.7 Å². The second-order valence-electron chi connectivity index (χ2n) is 11.5. The van der Waals surface area contributed by atoms with E-state index in [1.165, 1.54) is 39.0 Å². The second kappa shape index (κ2) is 12.3. The number of amides is 1. The Balaban J connectivity index is 1.40. The summed E-state index contributed by atoms with van der Waals surface area (Å²) in [7, 11) is 0.0689. The van der Waals surface area contributed by atoms with E-state index in [1.54, 1.807) is 17.0 Å². The van der Waals surface area contributed by atoms with Crippen LogP contribution in [0.25, 0.3) is 22.1 Å². The molecule has 0 atom stereocenters. The molecule has 1 saturated heterocycles. The molecular formula is C32H37N3O8S. The number of methoxy groups -OCH3 is 3. The molecule has 3 aromatic carbocycles. The van der Waals surface area contributed by atoms with Crippen LogP contribution >= 0.6 is 0 Å². The lowest BCUT2D eigenvalue weighted by molar-refractivity contribution is 0.0205. The lowest BCUT2D eigenvalue weighted by atomic mass is 9.88. The van der Waals surface area contributed by atoms with Gasteiger partial charge in [-0.25, -0.2) is 13.2 Å². The zero-order valence-corrected chi connectivity index (χ0v) is 26.5. The van der Waals surface area contributed by atoms with E-state index in [2.05, 4.69) is 22.0 Å². The number of aromatic nitrogens is 1. The standard InChI is InChI=1S/C32H37N3O8S/c1-32(2,3)42-31(36)35-15-13-20(14-16-35)21-9-7-10-22(17-21)23-18-26(41-6)28-27(19-23)43-33-30(28)34-44(37,38)29-24(39-4)11-8-12-25(29)40-5/h7-12,17-20H,13-16H2,1-6H3,(H,33,34). The Hall–Kier alpha value is -4.45. The first-order chi connectivity index (χ1) is 20.9. The van der Waals surface area contributed by atoms with Crippen molar-refractivity contribution >= 4 is 32.9 Å². The molecule has 1 N–H and O–H groups in total. The van der Waals surface area contributed by atoms with Gasteiger partial charge in [-0.1, -0.05) is 35.5 Å². The van der Waals surface area contributed by atoms with Gasteiger partial charge in [-0.05, 0) is 80.5 Å². The Kier molecular flexibility index (Phi) is 8.64. The van der Waals surface area contributed by atoms with Gasteiger partial charge in [-0.3, -0.25) is 4.72 Å². The third kappa shape index (κ3) is 6.40. The topological polar surface area (TPSA) is 129 Å². The van der Waals surface area contributed by atoms with Gasteiger partial charge in [-0.15, -0.1) is 0 Å². The lowest BCUT2D eigenvalue weighted by Gasteiger charge is -2.33. The molecule has 5 rings (SSSR count). The lowest BCUT2D eigenvalue weighted by Crippen LogP contribution is -2.41. The van der Waals surface area contributed by atoms with Crippen molar-refractivity contribution in [2.45, 2.75) is 50.0 Å². The van der Waals surface area contributed by atoms with Crippen LogP contribution in [0, 0.1) is 0 Å². The van der Waals surface area contributed by atoms with E-state index in [-0.39, 0.29) is 34.2 Å². The Morgan fingerprint density at radius 1 is 0.909 bits per heavy atom. The van der Waals surface area contributed by atoms with Gasteiger partial charge in [0.2, 0.25) is 0 Å². The highest BCUT2D eigenvalue weighted by atomic mass is 32.2. The molecule has 1 aromatic heterocycles. The van der Waals surface area contributed by atoms with Crippen molar-refractivity contribution in [3.63, 3.8) is 0 Å². The van der Waals surface area contributed by atoms with Gasteiger partial charge >= 0.3 is 6.09 Å². The maximum absolute atomic E-state index is 13.5. The molecule has 0 radical (unpaired) electrons. The van der Waals surface area contributed by atoms with E-state index >= 15 is 0 Å². The Bertz CT molecular complexity index is 1750. The van der Waals surface area contributed by atoms with Gasteiger partial charge in [0.25, 0.3) is 10.0 Å². The number of rotatable bonds is 8. The minimum Gasteiger partial charge on any atom is -0.496 e. The number of hydrogen-bond donors (Lipinski definition) is 1. The van der Waals surface area contributed by atoms with Gasteiger partial charge in [0.1, 0.15) is 28.2 Å². The average molecular weight is 624 g/mol. The summed E-state index contributed by atoms with van der Waals surface area (Å²) in [5.41, 5.74) is 2.75. The number of piperidine rings is 1. The first-order valence-corrected chi connectivity index (χ1v) is 15.7. The fourth-order valence-corrected chi connectivity index (χ4v) is 6.72. The Morgan fingerprint density at radius 2 is 1.55 bits per heavy atom. The number of likely N-dealkylation sites (tertiary alicyclic amines) is 1. The van der Waals surface area contributed by atoms with Crippen LogP contribution in [0.4, 0.5) is 10.6 Å². The first-order valence-electron chi connectivity index (χ1n) is 14.2. The predicted octanol–water partition coefficient (Wildman–Crippen LogP) is 6.44. The van der Waals surface area contributed by atoms with E-state index < -0.39 is 15.6 Å². The van der Waals surface area contributed by atoms with Crippen molar-refractivity contribution in [2.75, 3.05) is 39.1 Å². The van der Waals surface area contributed by atoms with Crippen LogP contribution < -0.4 is 18.9 Å². The monoisotopic (exact) mass is 623 g/mol. The fourth-order valence-electron chi connectivity index (χ4n) is 5.39. The highest BCUT2D eigenvalue weighted by molar-refractivity contribution is 7.93. The molecule has 44 heavy (non-hydrogen) atoms. The maximum atomic E-state index is 13.5. The molecule has 0 spiro atoms. The van der Waals surface area contributed by atoms with Gasteiger partial charge in [-0.2, -0.15) is 0 Å². The second-order valence-corrected chi connectivity index (χ2v) is 13.2. The Labute approximate surface area is 257 Å². The van der Waals surface area contributed by atoms with Crippen molar-refractivity contribution in [3.05, 3.63) is 60.2 Å². The summed E-state index contributed by atoms with van der Waals surface area (Å²) >= 11 is 0. The van der Waals surface area contributed by atoms with Crippen LogP contribution in [0.5, 0.6) is 17.2 Å². The number of fused-ring (bicyclic) bond motifs is 1. The third-order valence-corrected chi connectivity index (χ3v) is 8.88. The number of carbonyl (C=O) groups excluding carboxylic acids is 1. The summed E-state index contributed by atoms with van der Waals surface area (Å²) in [5, 5.41) is 4.40. The summed E-state index contributed by atoms with van der Waals surface area (Å²) in [6.45, 7) is 6.86. The van der Waals surface area contributed by atoms with Gasteiger partial charge in [0, 0.05) is 13.1 Å². The molecule has 0 unspecified atom stereocenters. The van der Waals surface area contributed by atoms with Crippen molar-refractivity contribution in [2.24, 2.45) is 0 Å². The summed E-state index contributed by atoms with van der Waals surface area (Å²) < 4.78 is 56.8. The maximum Gasteiger partial charge on any atom is 0.410 e. The van der Waals surface area contributed by atoms with Gasteiger partial charge in [0.05, 0.1) is 21.3 Å². The molecule has 12 heteroatoms. The van der Waals surface area contributed by atoms with Crippen LogP contribution in [-0.2, 0) is 14.8 Å². The summed E-state index contributed by atoms with van der Waals surface area (Å²) in [6.07, 6.45) is 1.38. The van der Waals surface area contributed by atoms with Crippen LogP contribution in [0.2, 0.25) is 0 Å². The zero-order chi connectivity index (χ0) is 31.6. The number of sulfonamides is 1. The minimum atomic E-state index is -4.19. The Morgan fingerprint density at radius 3 is 2.16 bits per heavy atom. The third-order valence-electron chi connectivity index (χ3n) is 7.48. The van der Waals surface area contributed by atoms with E-state index in [9.17, 15) is 13.2 Å². The minimum absolute atomic E-state index is 0.0261. The molecule has 0 saturated carbocycles. The number of benzene rings is 3. The van der Waals surface area contributed by atoms with E-state index in [0.29, 0.717) is 29.8 Å². The summed E-state index contributed by atoms with van der Waals surface area (Å²) in [4.78, 5) is 14.1. The number of hydrogen-bond acceptors (Lipinski definition) is 9. The highest BCUT2D eigenvalue weighted by Crippen LogP contribution is 2.40. The van der Waals surface area contributed by atoms with Gasteiger partial charge < -0.3 is 28.4 Å². The first kappa shape index (κ1) is 31.0. The molecule has 2 heterocycles. The van der Waals surface area contributed by atoms with Crippen molar-refractivity contribution in [3.8, 4) is 28.4 Å².